The van der Waals surface area contributed by atoms with Gasteiger partial charge in [0, 0.05) is 11.5 Å². The van der Waals surface area contributed by atoms with E-state index in [1.165, 1.54) is 12.7 Å². The Kier molecular flexibility index (Phi) is 3.45. The molecule has 0 saturated heterocycles. The lowest BCUT2D eigenvalue weighted by atomic mass is 9.37. The summed E-state index contributed by atoms with van der Waals surface area (Å²) in [6, 6.07) is 0. The molecule has 4 aliphatic rings. The molecule has 2 saturated carbocycles. The number of methoxy groups -OCH3 is 1. The third-order valence-corrected chi connectivity index (χ3v) is 7.85. The van der Waals surface area contributed by atoms with Crippen LogP contribution in [0.4, 0.5) is 0 Å². The van der Waals surface area contributed by atoms with Crippen LogP contribution in [0.2, 0.25) is 0 Å². The smallest absolute Gasteiger partial charge is 0.205 e. The molecule has 0 amide bonds. The van der Waals surface area contributed by atoms with Crippen LogP contribution in [-0.4, -0.2) is 29.9 Å². The monoisotopic (exact) mass is 344 g/mol. The highest BCUT2D eigenvalue weighted by molar-refractivity contribution is 6.17. The molecular weight excluding hydrogens is 316 g/mol. The first-order valence-electron chi connectivity index (χ1n) is 9.43. The van der Waals surface area contributed by atoms with Crippen molar-refractivity contribution in [3.8, 4) is 0 Å². The van der Waals surface area contributed by atoms with Gasteiger partial charge in [-0.25, -0.2) is 0 Å². The maximum absolute atomic E-state index is 13.8. The molecule has 0 bridgehead atoms. The minimum atomic E-state index is -0.799. The number of hydrogen-bond donors (Lipinski definition) is 1. The lowest BCUT2D eigenvalue weighted by molar-refractivity contribution is -0.188. The average Bonchev–Trinajstić information content (AvgIpc) is 2.84. The van der Waals surface area contributed by atoms with Crippen molar-refractivity contribution in [3.05, 3.63) is 23.0 Å². The molecule has 4 nitrogen and oxygen atoms in total. The Morgan fingerprint density at radius 1 is 1.16 bits per heavy atom. The fourth-order valence-corrected chi connectivity index (χ4v) is 7.27. The summed E-state index contributed by atoms with van der Waals surface area (Å²) >= 11 is 0. The number of Topliss-reactive ketones (excluding diaryl/α,β-unsaturated/α-hetero) is 2. The van der Waals surface area contributed by atoms with Gasteiger partial charge in [-0.2, -0.15) is 0 Å². The van der Waals surface area contributed by atoms with Crippen molar-refractivity contribution in [3.63, 3.8) is 0 Å². The summed E-state index contributed by atoms with van der Waals surface area (Å²) < 4.78 is 5.43. The first-order valence-corrected chi connectivity index (χ1v) is 9.43. The van der Waals surface area contributed by atoms with E-state index >= 15 is 0 Å². The molecule has 0 heterocycles. The van der Waals surface area contributed by atoms with Crippen molar-refractivity contribution < 1.29 is 19.4 Å². The predicted molar refractivity (Wildman–Crippen MR) is 93.5 cm³/mol. The van der Waals surface area contributed by atoms with Crippen molar-refractivity contribution in [1.82, 2.24) is 0 Å². The van der Waals surface area contributed by atoms with Crippen LogP contribution >= 0.6 is 0 Å². The molecule has 4 rings (SSSR count). The fraction of sp³-hybridized carbons (Fsp3) is 0.714. The Hall–Kier alpha value is -1.42. The van der Waals surface area contributed by atoms with Crippen LogP contribution in [0.1, 0.15) is 47.0 Å². The third kappa shape index (κ3) is 1.63. The van der Waals surface area contributed by atoms with Crippen molar-refractivity contribution in [1.29, 1.82) is 0 Å². The minimum Gasteiger partial charge on any atom is -0.493 e. The highest BCUT2D eigenvalue weighted by atomic mass is 16.5. The average molecular weight is 344 g/mol. The normalized spacial score (nSPS) is 48.9. The second kappa shape index (κ2) is 5.06. The highest BCUT2D eigenvalue weighted by Crippen LogP contribution is 2.74. The van der Waals surface area contributed by atoms with E-state index in [2.05, 4.69) is 19.9 Å². The fourth-order valence-electron chi connectivity index (χ4n) is 7.27. The van der Waals surface area contributed by atoms with Crippen molar-refractivity contribution in [2.24, 2.45) is 34.5 Å². The number of aliphatic hydroxyl groups is 1. The Morgan fingerprint density at radius 2 is 1.84 bits per heavy atom. The molecule has 1 spiro atoms. The zero-order chi connectivity index (χ0) is 18.3. The van der Waals surface area contributed by atoms with Crippen LogP contribution in [0.5, 0.6) is 0 Å². The summed E-state index contributed by atoms with van der Waals surface area (Å²) in [5.41, 5.74) is 0.0635. The topological polar surface area (TPSA) is 63.6 Å². The van der Waals surface area contributed by atoms with Crippen LogP contribution in [-0.2, 0) is 14.3 Å². The first-order chi connectivity index (χ1) is 11.7. The summed E-state index contributed by atoms with van der Waals surface area (Å²) in [6.45, 7) is 7.97. The molecule has 2 fully saturated rings. The minimum absolute atomic E-state index is 0.0111. The number of rotatable bonds is 1. The van der Waals surface area contributed by atoms with Gasteiger partial charge in [0.25, 0.3) is 0 Å². The predicted octanol–water partition coefficient (Wildman–Crippen LogP) is 3.05. The molecule has 0 aromatic heterocycles. The zero-order valence-electron chi connectivity index (χ0n) is 15.8. The summed E-state index contributed by atoms with van der Waals surface area (Å²) in [7, 11) is 1.48. The lowest BCUT2D eigenvalue weighted by Gasteiger charge is -2.63. The maximum Gasteiger partial charge on any atom is 0.205 e. The van der Waals surface area contributed by atoms with E-state index in [1.807, 2.05) is 6.92 Å². The SMILES string of the molecule is COC1=C(C)C(=O)C23[C@H]4[C@@H](C)C[C@H]2C=C(C)C[C@]3(C1=O)[C@H](C)C[C@@H]4O. The second-order valence-electron chi connectivity index (χ2n) is 8.90. The maximum atomic E-state index is 13.8. The number of carbonyl (C=O) groups excluding carboxylic acids is 2. The van der Waals surface area contributed by atoms with Crippen molar-refractivity contribution in [2.45, 2.75) is 53.1 Å². The molecule has 0 aromatic rings. The van der Waals surface area contributed by atoms with Gasteiger partial charge in [0.15, 0.2) is 11.5 Å². The van der Waals surface area contributed by atoms with Gasteiger partial charge in [0.2, 0.25) is 5.78 Å². The largest absolute Gasteiger partial charge is 0.493 e. The van der Waals surface area contributed by atoms with Crippen LogP contribution in [0.15, 0.2) is 23.0 Å². The third-order valence-electron chi connectivity index (χ3n) is 7.85. The van der Waals surface area contributed by atoms with Crippen LogP contribution in [0.3, 0.4) is 0 Å². The quantitative estimate of drug-likeness (QED) is 0.743. The van der Waals surface area contributed by atoms with Gasteiger partial charge < -0.3 is 9.84 Å². The summed E-state index contributed by atoms with van der Waals surface area (Å²) in [5, 5.41) is 11.0. The van der Waals surface area contributed by atoms with Gasteiger partial charge in [-0.1, -0.05) is 25.5 Å². The number of ether oxygens (including phenoxy) is 1. The Morgan fingerprint density at radius 3 is 2.48 bits per heavy atom. The van der Waals surface area contributed by atoms with E-state index in [4.69, 9.17) is 4.74 Å². The molecule has 7 atom stereocenters. The van der Waals surface area contributed by atoms with E-state index < -0.39 is 16.9 Å². The molecule has 0 aliphatic heterocycles. The molecule has 1 N–H and O–H groups in total. The van der Waals surface area contributed by atoms with Gasteiger partial charge in [-0.3, -0.25) is 9.59 Å². The summed E-state index contributed by atoms with van der Waals surface area (Å²) in [6.07, 6.45) is 3.73. The van der Waals surface area contributed by atoms with Gasteiger partial charge in [0.1, 0.15) is 0 Å². The van der Waals surface area contributed by atoms with E-state index in [0.29, 0.717) is 18.4 Å². The van der Waals surface area contributed by atoms with E-state index in [1.54, 1.807) is 6.92 Å². The molecular formula is C21H28O4. The Labute approximate surface area is 149 Å². The molecule has 0 radical (unpaired) electrons. The van der Waals surface area contributed by atoms with Crippen LogP contribution in [0.25, 0.3) is 0 Å². The highest BCUT2D eigenvalue weighted by Gasteiger charge is 2.77. The molecule has 1 unspecified atom stereocenters. The van der Waals surface area contributed by atoms with Crippen molar-refractivity contribution >= 4 is 11.6 Å². The summed E-state index contributed by atoms with van der Waals surface area (Å²) in [4.78, 5) is 27.5. The Bertz CT molecular complexity index is 732. The van der Waals surface area contributed by atoms with E-state index in [9.17, 15) is 14.7 Å². The van der Waals surface area contributed by atoms with E-state index in [0.717, 1.165) is 6.42 Å². The molecule has 4 heteroatoms. The van der Waals surface area contributed by atoms with Crippen LogP contribution in [0, 0.1) is 34.5 Å². The zero-order valence-corrected chi connectivity index (χ0v) is 15.8. The second-order valence-corrected chi connectivity index (χ2v) is 8.90. The number of ketones is 2. The Balaban J connectivity index is 2.11. The van der Waals surface area contributed by atoms with Gasteiger partial charge in [-0.05, 0) is 50.9 Å². The number of aliphatic hydroxyl groups excluding tert-OH is 1. The van der Waals surface area contributed by atoms with E-state index in [-0.39, 0.29) is 41.0 Å². The first kappa shape index (κ1) is 17.0. The van der Waals surface area contributed by atoms with Gasteiger partial charge in [0.05, 0.1) is 24.0 Å². The number of carbonyl (C=O) groups is 2. The molecule has 136 valence electrons. The standard InChI is InChI=1S/C21H28O4/c1-10-6-14-7-11(2)16-15(22)8-12(3)20(9-10)19(24)17(25-5)13(4)18(23)21(14,16)20/h6,11-12,14-16,22H,7-9H2,1-5H3/t11-,12+,14+,15-,16-,20+,21?/m0/s1. The molecule has 4 aliphatic carbocycles. The number of hydrogen-bond acceptors (Lipinski definition) is 4. The summed E-state index contributed by atoms with van der Waals surface area (Å²) in [5.74, 6) is 0.324. The lowest BCUT2D eigenvalue weighted by Crippen LogP contribution is -2.69. The van der Waals surface area contributed by atoms with Gasteiger partial charge >= 0.3 is 0 Å². The van der Waals surface area contributed by atoms with Crippen molar-refractivity contribution in [2.75, 3.05) is 7.11 Å². The molecule has 0 aromatic carbocycles. The molecule has 25 heavy (non-hydrogen) atoms. The van der Waals surface area contributed by atoms with Gasteiger partial charge in [-0.15, -0.1) is 0 Å². The van der Waals surface area contributed by atoms with Crippen LogP contribution < -0.4 is 0 Å². The number of allylic oxidation sites excluding steroid dienone is 4.